The fourth-order valence-corrected chi connectivity index (χ4v) is 2.94. The molecule has 2 N–H and O–H groups in total. The van der Waals surface area contributed by atoms with Gasteiger partial charge in [0.2, 0.25) is 0 Å². The zero-order chi connectivity index (χ0) is 18.6. The maximum atomic E-state index is 13.1. The van der Waals surface area contributed by atoms with E-state index >= 15 is 0 Å². The first-order valence-electron chi connectivity index (χ1n) is 8.58. The molecule has 1 aromatic carbocycles. The maximum absolute atomic E-state index is 13.1. The highest BCUT2D eigenvalue weighted by atomic mass is 19.1. The molecule has 5 nitrogen and oxygen atoms in total. The number of nitrogens with zero attached hydrogens (tertiary/aromatic N) is 2. The van der Waals surface area contributed by atoms with Gasteiger partial charge in [-0.05, 0) is 51.0 Å². The SMILES string of the molecule is CCC(CC)(CO)CNC(=O)c1c(C)nn(-c2ccc(F)cc2)c1C. The minimum absolute atomic E-state index is 0.0348. The Bertz CT molecular complexity index is 726. The summed E-state index contributed by atoms with van der Waals surface area (Å²) in [4.78, 5) is 12.7. The number of amides is 1. The first-order chi connectivity index (χ1) is 11.9. The molecule has 0 aliphatic carbocycles. The molecule has 0 spiro atoms. The van der Waals surface area contributed by atoms with Gasteiger partial charge in [0.15, 0.2) is 0 Å². The Balaban J connectivity index is 2.25. The van der Waals surface area contributed by atoms with Gasteiger partial charge in [-0.1, -0.05) is 13.8 Å². The number of aliphatic hydroxyl groups is 1. The van der Waals surface area contributed by atoms with Gasteiger partial charge in [0.05, 0.1) is 29.2 Å². The number of hydrogen-bond donors (Lipinski definition) is 2. The van der Waals surface area contributed by atoms with E-state index in [-0.39, 0.29) is 23.7 Å². The van der Waals surface area contributed by atoms with Crippen LogP contribution in [0.3, 0.4) is 0 Å². The lowest BCUT2D eigenvalue weighted by molar-refractivity contribution is 0.0850. The molecule has 0 bridgehead atoms. The van der Waals surface area contributed by atoms with Gasteiger partial charge in [-0.2, -0.15) is 5.10 Å². The molecular formula is C19H26FN3O2. The summed E-state index contributed by atoms with van der Waals surface area (Å²) in [6, 6.07) is 5.98. The minimum Gasteiger partial charge on any atom is -0.396 e. The van der Waals surface area contributed by atoms with E-state index in [1.165, 1.54) is 12.1 Å². The highest BCUT2D eigenvalue weighted by molar-refractivity contribution is 5.96. The summed E-state index contributed by atoms with van der Waals surface area (Å²) in [6.07, 6.45) is 1.57. The van der Waals surface area contributed by atoms with Crippen LogP contribution < -0.4 is 5.32 Å². The zero-order valence-electron chi connectivity index (χ0n) is 15.3. The molecule has 2 aromatic rings. The number of aromatic nitrogens is 2. The molecule has 0 unspecified atom stereocenters. The number of hydrogen-bond acceptors (Lipinski definition) is 3. The molecule has 1 aromatic heterocycles. The predicted octanol–water partition coefficient (Wildman–Crippen LogP) is 3.16. The number of aliphatic hydroxyl groups excluding tert-OH is 1. The van der Waals surface area contributed by atoms with Crippen LogP contribution >= 0.6 is 0 Å². The van der Waals surface area contributed by atoms with Crippen molar-refractivity contribution in [3.63, 3.8) is 0 Å². The van der Waals surface area contributed by atoms with Crippen molar-refractivity contribution in [1.29, 1.82) is 0 Å². The first-order valence-corrected chi connectivity index (χ1v) is 8.58. The van der Waals surface area contributed by atoms with Gasteiger partial charge in [-0.15, -0.1) is 0 Å². The van der Waals surface area contributed by atoms with E-state index in [1.54, 1.807) is 23.7 Å². The lowest BCUT2D eigenvalue weighted by atomic mass is 9.83. The summed E-state index contributed by atoms with van der Waals surface area (Å²) in [5.74, 6) is -0.522. The van der Waals surface area contributed by atoms with E-state index in [2.05, 4.69) is 10.4 Å². The fraction of sp³-hybridized carbons (Fsp3) is 0.474. The van der Waals surface area contributed by atoms with Crippen molar-refractivity contribution < 1.29 is 14.3 Å². The van der Waals surface area contributed by atoms with E-state index < -0.39 is 0 Å². The van der Waals surface area contributed by atoms with Crippen LogP contribution in [0.1, 0.15) is 48.4 Å². The maximum Gasteiger partial charge on any atom is 0.255 e. The Hall–Kier alpha value is -2.21. The molecule has 0 saturated carbocycles. The largest absolute Gasteiger partial charge is 0.396 e. The molecule has 0 atom stereocenters. The Labute approximate surface area is 147 Å². The summed E-state index contributed by atoms with van der Waals surface area (Å²) < 4.78 is 14.8. The van der Waals surface area contributed by atoms with E-state index in [4.69, 9.17) is 0 Å². The summed E-state index contributed by atoms with van der Waals surface area (Å²) >= 11 is 0. The topological polar surface area (TPSA) is 67.2 Å². The van der Waals surface area contributed by atoms with Crippen molar-refractivity contribution in [2.75, 3.05) is 13.2 Å². The Morgan fingerprint density at radius 2 is 1.84 bits per heavy atom. The van der Waals surface area contributed by atoms with Crippen LogP contribution in [0.4, 0.5) is 4.39 Å². The summed E-state index contributed by atoms with van der Waals surface area (Å²) in [5, 5.41) is 17.0. The second-order valence-electron chi connectivity index (χ2n) is 6.48. The zero-order valence-corrected chi connectivity index (χ0v) is 15.3. The van der Waals surface area contributed by atoms with Gasteiger partial charge < -0.3 is 10.4 Å². The number of benzene rings is 1. The standard InChI is InChI=1S/C19H26FN3O2/c1-5-19(6-2,12-24)11-21-18(25)17-13(3)22-23(14(17)4)16-9-7-15(20)8-10-16/h7-10,24H,5-6,11-12H2,1-4H3,(H,21,25). The molecule has 0 radical (unpaired) electrons. The van der Waals surface area contributed by atoms with Crippen LogP contribution in [0.25, 0.3) is 5.69 Å². The van der Waals surface area contributed by atoms with E-state index in [1.807, 2.05) is 20.8 Å². The third-order valence-corrected chi connectivity index (χ3v) is 5.05. The number of rotatable bonds is 7. The van der Waals surface area contributed by atoms with Crippen LogP contribution in [0.15, 0.2) is 24.3 Å². The number of carbonyl (C=O) groups excluding carboxylic acids is 1. The van der Waals surface area contributed by atoms with Gasteiger partial charge in [0.25, 0.3) is 5.91 Å². The van der Waals surface area contributed by atoms with Gasteiger partial charge in [0.1, 0.15) is 5.82 Å². The number of carbonyl (C=O) groups is 1. The van der Waals surface area contributed by atoms with Crippen molar-refractivity contribution in [2.24, 2.45) is 5.41 Å². The van der Waals surface area contributed by atoms with E-state index in [9.17, 15) is 14.3 Å². The summed E-state index contributed by atoms with van der Waals surface area (Å²) in [6.45, 7) is 8.06. The molecule has 0 fully saturated rings. The predicted molar refractivity (Wildman–Crippen MR) is 95.4 cm³/mol. The van der Waals surface area contributed by atoms with Crippen molar-refractivity contribution in [2.45, 2.75) is 40.5 Å². The average molecular weight is 347 g/mol. The van der Waals surface area contributed by atoms with Gasteiger partial charge >= 0.3 is 0 Å². The smallest absolute Gasteiger partial charge is 0.255 e. The van der Waals surface area contributed by atoms with Crippen molar-refractivity contribution in [3.05, 3.63) is 47.0 Å². The average Bonchev–Trinajstić information content (AvgIpc) is 2.91. The van der Waals surface area contributed by atoms with E-state index in [0.717, 1.165) is 12.8 Å². The molecule has 0 saturated heterocycles. The number of nitrogens with one attached hydrogen (secondary N) is 1. The van der Waals surface area contributed by atoms with Crippen molar-refractivity contribution in [1.82, 2.24) is 15.1 Å². The normalized spacial score (nSPS) is 11.6. The first kappa shape index (κ1) is 19.1. The van der Waals surface area contributed by atoms with Crippen LogP contribution in [0, 0.1) is 25.1 Å². The third kappa shape index (κ3) is 3.90. The van der Waals surface area contributed by atoms with Gasteiger partial charge in [-0.25, -0.2) is 9.07 Å². The van der Waals surface area contributed by atoms with Crippen molar-refractivity contribution >= 4 is 5.91 Å². The second kappa shape index (κ2) is 7.78. The monoisotopic (exact) mass is 347 g/mol. The lowest BCUT2D eigenvalue weighted by Gasteiger charge is -2.29. The number of halogens is 1. The molecule has 136 valence electrons. The summed E-state index contributed by atoms with van der Waals surface area (Å²) in [7, 11) is 0. The summed E-state index contributed by atoms with van der Waals surface area (Å²) in [5.41, 5.74) is 2.23. The molecule has 1 heterocycles. The quantitative estimate of drug-likeness (QED) is 0.808. The molecule has 25 heavy (non-hydrogen) atoms. The van der Waals surface area contributed by atoms with Crippen LogP contribution in [0.5, 0.6) is 0 Å². The second-order valence-corrected chi connectivity index (χ2v) is 6.48. The molecule has 2 rings (SSSR count). The molecular weight excluding hydrogens is 321 g/mol. The van der Waals surface area contributed by atoms with Crippen LogP contribution in [-0.4, -0.2) is 33.9 Å². The minimum atomic E-state index is -0.317. The highest BCUT2D eigenvalue weighted by Crippen LogP contribution is 2.25. The molecule has 0 aliphatic rings. The Kier molecular flexibility index (Phi) is 5.95. The Morgan fingerprint density at radius 1 is 1.24 bits per heavy atom. The number of aryl methyl sites for hydroxylation is 1. The Morgan fingerprint density at radius 3 is 2.36 bits per heavy atom. The molecule has 6 heteroatoms. The molecule has 1 amide bonds. The van der Waals surface area contributed by atoms with Gasteiger partial charge in [0, 0.05) is 12.0 Å². The van der Waals surface area contributed by atoms with Gasteiger partial charge in [-0.3, -0.25) is 4.79 Å². The van der Waals surface area contributed by atoms with E-state index in [0.29, 0.717) is 29.2 Å². The molecule has 0 aliphatic heterocycles. The van der Waals surface area contributed by atoms with Crippen molar-refractivity contribution in [3.8, 4) is 5.69 Å². The van der Waals surface area contributed by atoms with Crippen LogP contribution in [-0.2, 0) is 0 Å². The van der Waals surface area contributed by atoms with Crippen LogP contribution in [0.2, 0.25) is 0 Å². The third-order valence-electron chi connectivity index (χ3n) is 5.05. The fourth-order valence-electron chi connectivity index (χ4n) is 2.94. The highest BCUT2D eigenvalue weighted by Gasteiger charge is 2.27. The lowest BCUT2D eigenvalue weighted by Crippen LogP contribution is -2.39.